The van der Waals surface area contributed by atoms with Crippen molar-refractivity contribution in [1.29, 1.82) is 0 Å². The highest BCUT2D eigenvalue weighted by Gasteiger charge is 2.30. The zero-order valence-electron chi connectivity index (χ0n) is 7.38. The number of aliphatic carboxylic acids is 1. The van der Waals surface area contributed by atoms with Crippen LogP contribution in [0.4, 0.5) is 0 Å². The van der Waals surface area contributed by atoms with Crippen LogP contribution < -0.4 is 0 Å². The van der Waals surface area contributed by atoms with Gasteiger partial charge in [0.05, 0.1) is 11.1 Å². The van der Waals surface area contributed by atoms with Crippen molar-refractivity contribution in [1.82, 2.24) is 15.1 Å². The standard InChI is InChI=1S/C8H5N3O3S/c12-8(13)4-1-3-5-6(14-11-3)9-2-10-7(5)15-4/h2,4H,1H2,(H,12,13). The molecule has 0 saturated carbocycles. The van der Waals surface area contributed by atoms with Crippen molar-refractivity contribution in [3.63, 3.8) is 0 Å². The molecular formula is C8H5N3O3S. The van der Waals surface area contributed by atoms with Gasteiger partial charge in [0, 0.05) is 6.42 Å². The minimum atomic E-state index is -0.861. The number of carboxylic acid groups (broad SMARTS) is 1. The molecule has 3 heterocycles. The Hall–Kier alpha value is -1.63. The summed E-state index contributed by atoms with van der Waals surface area (Å²) in [7, 11) is 0. The molecule has 2 aromatic heterocycles. The molecule has 1 atom stereocenters. The number of rotatable bonds is 1. The number of carboxylic acids is 1. The smallest absolute Gasteiger partial charge is 0.317 e. The van der Waals surface area contributed by atoms with Crippen LogP contribution >= 0.6 is 11.8 Å². The van der Waals surface area contributed by atoms with Gasteiger partial charge in [-0.1, -0.05) is 16.9 Å². The van der Waals surface area contributed by atoms with Gasteiger partial charge >= 0.3 is 5.97 Å². The third-order valence-electron chi connectivity index (χ3n) is 2.22. The molecular weight excluding hydrogens is 218 g/mol. The molecule has 7 heteroatoms. The molecule has 15 heavy (non-hydrogen) atoms. The molecule has 0 spiro atoms. The van der Waals surface area contributed by atoms with E-state index < -0.39 is 11.2 Å². The summed E-state index contributed by atoms with van der Waals surface area (Å²) in [5.74, 6) is -0.861. The highest BCUT2D eigenvalue weighted by molar-refractivity contribution is 8.00. The summed E-state index contributed by atoms with van der Waals surface area (Å²) in [6.07, 6.45) is 1.71. The first kappa shape index (κ1) is 8.66. The van der Waals surface area contributed by atoms with Crippen molar-refractivity contribution in [2.45, 2.75) is 16.7 Å². The lowest BCUT2D eigenvalue weighted by Crippen LogP contribution is -2.22. The van der Waals surface area contributed by atoms with E-state index in [4.69, 9.17) is 9.63 Å². The Balaban J connectivity index is 2.20. The highest BCUT2D eigenvalue weighted by atomic mass is 32.2. The molecule has 0 aromatic carbocycles. The quantitative estimate of drug-likeness (QED) is 0.712. The predicted octanol–water partition coefficient (Wildman–Crippen LogP) is 0.719. The minimum Gasteiger partial charge on any atom is -0.480 e. The predicted molar refractivity (Wildman–Crippen MR) is 50.6 cm³/mol. The second kappa shape index (κ2) is 2.93. The van der Waals surface area contributed by atoms with Crippen LogP contribution in [0.2, 0.25) is 0 Å². The summed E-state index contributed by atoms with van der Waals surface area (Å²) < 4.78 is 4.98. The van der Waals surface area contributed by atoms with E-state index in [0.717, 1.165) is 5.39 Å². The molecule has 0 saturated heterocycles. The molecule has 0 amide bonds. The zero-order chi connectivity index (χ0) is 10.4. The molecule has 6 nitrogen and oxygen atoms in total. The first-order valence-electron chi connectivity index (χ1n) is 4.24. The monoisotopic (exact) mass is 223 g/mol. The first-order chi connectivity index (χ1) is 7.25. The summed E-state index contributed by atoms with van der Waals surface area (Å²) in [6, 6.07) is 0. The van der Waals surface area contributed by atoms with Gasteiger partial charge in [0.1, 0.15) is 16.6 Å². The Morgan fingerprint density at radius 3 is 3.27 bits per heavy atom. The van der Waals surface area contributed by atoms with Crippen molar-refractivity contribution < 1.29 is 14.4 Å². The first-order valence-corrected chi connectivity index (χ1v) is 5.12. The van der Waals surface area contributed by atoms with Crippen LogP contribution in [0, 0.1) is 0 Å². The van der Waals surface area contributed by atoms with Crippen LogP contribution in [0.5, 0.6) is 0 Å². The van der Waals surface area contributed by atoms with E-state index >= 15 is 0 Å². The van der Waals surface area contributed by atoms with E-state index in [1.807, 2.05) is 0 Å². The second-order valence-corrected chi connectivity index (χ2v) is 4.33. The normalized spacial score (nSPS) is 19.3. The van der Waals surface area contributed by atoms with Gasteiger partial charge in [0.15, 0.2) is 0 Å². The summed E-state index contributed by atoms with van der Waals surface area (Å²) in [4.78, 5) is 18.8. The Bertz CT molecular complexity index is 553. The third-order valence-corrected chi connectivity index (χ3v) is 3.40. The minimum absolute atomic E-state index is 0.355. The van der Waals surface area contributed by atoms with Gasteiger partial charge in [-0.3, -0.25) is 4.79 Å². The summed E-state index contributed by atoms with van der Waals surface area (Å²) in [6.45, 7) is 0. The van der Waals surface area contributed by atoms with Gasteiger partial charge in [-0.15, -0.1) is 0 Å². The van der Waals surface area contributed by atoms with Gasteiger partial charge in [-0.2, -0.15) is 4.98 Å². The maximum absolute atomic E-state index is 10.9. The van der Waals surface area contributed by atoms with E-state index in [2.05, 4.69) is 15.1 Å². The van der Waals surface area contributed by atoms with Crippen LogP contribution in [-0.2, 0) is 11.2 Å². The Kier molecular flexibility index (Phi) is 1.69. The van der Waals surface area contributed by atoms with E-state index in [-0.39, 0.29) is 0 Å². The lowest BCUT2D eigenvalue weighted by molar-refractivity contribution is -0.136. The largest absolute Gasteiger partial charge is 0.480 e. The van der Waals surface area contributed by atoms with Gasteiger partial charge in [-0.25, -0.2) is 4.98 Å². The lowest BCUT2D eigenvalue weighted by Gasteiger charge is -2.14. The van der Waals surface area contributed by atoms with Crippen LogP contribution in [0.15, 0.2) is 15.9 Å². The Labute approximate surface area is 87.7 Å². The fraction of sp³-hybridized carbons (Fsp3) is 0.250. The van der Waals surface area contributed by atoms with Crippen LogP contribution in [0.3, 0.4) is 0 Å². The van der Waals surface area contributed by atoms with Gasteiger partial charge in [0.25, 0.3) is 5.71 Å². The number of nitrogens with zero attached hydrogens (tertiary/aromatic N) is 3. The maximum atomic E-state index is 10.9. The molecule has 0 fully saturated rings. The van der Waals surface area contributed by atoms with Gasteiger partial charge in [0.2, 0.25) is 0 Å². The van der Waals surface area contributed by atoms with Crippen LogP contribution in [-0.4, -0.2) is 31.5 Å². The Morgan fingerprint density at radius 1 is 1.60 bits per heavy atom. The van der Waals surface area contributed by atoms with Crippen molar-refractivity contribution >= 4 is 28.8 Å². The van der Waals surface area contributed by atoms with Crippen molar-refractivity contribution in [2.75, 3.05) is 0 Å². The maximum Gasteiger partial charge on any atom is 0.317 e. The number of carbonyl (C=O) groups is 1. The molecule has 1 unspecified atom stereocenters. The van der Waals surface area contributed by atoms with E-state index in [1.54, 1.807) is 0 Å². The van der Waals surface area contributed by atoms with E-state index in [1.165, 1.54) is 18.1 Å². The van der Waals surface area contributed by atoms with Gasteiger partial charge in [-0.05, 0) is 0 Å². The number of aromatic nitrogens is 3. The molecule has 1 N–H and O–H groups in total. The summed E-state index contributed by atoms with van der Waals surface area (Å²) in [5.41, 5.74) is 1.05. The Morgan fingerprint density at radius 2 is 2.47 bits per heavy atom. The van der Waals surface area contributed by atoms with Crippen molar-refractivity contribution in [3.8, 4) is 0 Å². The lowest BCUT2D eigenvalue weighted by atomic mass is 10.2. The topological polar surface area (TPSA) is 89.1 Å². The highest BCUT2D eigenvalue weighted by Crippen LogP contribution is 2.36. The molecule has 76 valence electrons. The molecule has 1 aliphatic heterocycles. The molecule has 0 bridgehead atoms. The summed E-state index contributed by atoms with van der Waals surface area (Å²) in [5, 5.41) is 13.6. The van der Waals surface area contributed by atoms with Crippen LogP contribution in [0.25, 0.3) is 11.1 Å². The fourth-order valence-electron chi connectivity index (χ4n) is 1.53. The van der Waals surface area contributed by atoms with Gasteiger partial charge < -0.3 is 9.63 Å². The third kappa shape index (κ3) is 1.19. The van der Waals surface area contributed by atoms with Crippen molar-refractivity contribution in [2.24, 2.45) is 0 Å². The van der Waals surface area contributed by atoms with Crippen LogP contribution in [0.1, 0.15) is 5.69 Å². The molecule has 3 rings (SSSR count). The number of hydrogen-bond acceptors (Lipinski definition) is 6. The summed E-state index contributed by atoms with van der Waals surface area (Å²) >= 11 is 1.21. The molecule has 2 aromatic rings. The van der Waals surface area contributed by atoms with E-state index in [9.17, 15) is 4.79 Å². The average Bonchev–Trinajstić information content (AvgIpc) is 2.64. The molecule has 0 aliphatic carbocycles. The van der Waals surface area contributed by atoms with Crippen molar-refractivity contribution in [3.05, 3.63) is 12.0 Å². The number of thioether (sulfide) groups is 1. The van der Waals surface area contributed by atoms with E-state index in [0.29, 0.717) is 22.9 Å². The SMILES string of the molecule is O=C(O)C1Cc2noc3ncnc(c23)S1. The average molecular weight is 223 g/mol. The fourth-order valence-corrected chi connectivity index (χ4v) is 2.58. The second-order valence-electron chi connectivity index (χ2n) is 3.14. The molecule has 0 radical (unpaired) electrons. The molecule has 1 aliphatic rings. The zero-order valence-corrected chi connectivity index (χ0v) is 8.19. The number of hydrogen-bond donors (Lipinski definition) is 1.